The summed E-state index contributed by atoms with van der Waals surface area (Å²) in [6.07, 6.45) is 0. The minimum absolute atomic E-state index is 0.00950. The van der Waals surface area contributed by atoms with Gasteiger partial charge in [-0.05, 0) is 47.5 Å². The van der Waals surface area contributed by atoms with E-state index in [4.69, 9.17) is 9.47 Å². The number of carbonyl (C=O) groups excluding carboxylic acids is 2. The van der Waals surface area contributed by atoms with Gasteiger partial charge in [-0.3, -0.25) is 4.79 Å². The normalized spacial score (nSPS) is 15.0. The van der Waals surface area contributed by atoms with Crippen molar-refractivity contribution in [3.05, 3.63) is 95.1 Å². The number of anilines is 1. The molecule has 5 heteroatoms. The molecule has 146 valence electrons. The number of methoxy groups -OCH3 is 2. The summed E-state index contributed by atoms with van der Waals surface area (Å²) in [5.74, 6) is 0.276. The molecule has 1 aliphatic heterocycles. The lowest BCUT2D eigenvalue weighted by Crippen LogP contribution is -2.30. The van der Waals surface area contributed by atoms with Crippen LogP contribution in [0.2, 0.25) is 0 Å². The maximum absolute atomic E-state index is 13.2. The molecule has 5 nitrogen and oxygen atoms in total. The summed E-state index contributed by atoms with van der Waals surface area (Å²) in [7, 11) is 2.98. The molecule has 1 heterocycles. The number of amides is 1. The molecule has 0 radical (unpaired) electrons. The quantitative estimate of drug-likeness (QED) is 0.627. The molecule has 3 aromatic rings. The molecular weight excluding hydrogens is 366 g/mol. The van der Waals surface area contributed by atoms with Crippen LogP contribution in [0.3, 0.4) is 0 Å². The Morgan fingerprint density at radius 2 is 1.62 bits per heavy atom. The van der Waals surface area contributed by atoms with E-state index in [1.54, 1.807) is 36.3 Å². The van der Waals surface area contributed by atoms with E-state index in [9.17, 15) is 9.59 Å². The molecule has 0 aromatic heterocycles. The summed E-state index contributed by atoms with van der Waals surface area (Å²) in [5, 5.41) is 0. The van der Waals surface area contributed by atoms with Gasteiger partial charge in [-0.15, -0.1) is 0 Å². The van der Waals surface area contributed by atoms with Crippen molar-refractivity contribution >= 4 is 17.6 Å². The fourth-order valence-electron chi connectivity index (χ4n) is 3.75. The Kier molecular flexibility index (Phi) is 5.04. The highest BCUT2D eigenvalue weighted by Crippen LogP contribution is 2.41. The Hall–Kier alpha value is -3.60. The lowest BCUT2D eigenvalue weighted by atomic mass is 9.92. The lowest BCUT2D eigenvalue weighted by molar-refractivity contribution is 0.0600. The van der Waals surface area contributed by atoms with E-state index < -0.39 is 5.97 Å². The van der Waals surface area contributed by atoms with Gasteiger partial charge in [-0.25, -0.2) is 4.79 Å². The van der Waals surface area contributed by atoms with Crippen molar-refractivity contribution in [3.8, 4) is 5.75 Å². The molecule has 1 aliphatic rings. The Morgan fingerprint density at radius 3 is 2.28 bits per heavy atom. The summed E-state index contributed by atoms with van der Waals surface area (Å²) < 4.78 is 10.1. The molecular formula is C24H21NO4. The minimum Gasteiger partial charge on any atom is -0.497 e. The topological polar surface area (TPSA) is 55.8 Å². The van der Waals surface area contributed by atoms with Crippen molar-refractivity contribution in [3.63, 3.8) is 0 Å². The number of hydrogen-bond donors (Lipinski definition) is 0. The average Bonchev–Trinajstić information content (AvgIpc) is 3.17. The number of benzene rings is 3. The number of hydrogen-bond acceptors (Lipinski definition) is 4. The first kappa shape index (κ1) is 18.7. The van der Waals surface area contributed by atoms with Crippen LogP contribution in [0.15, 0.2) is 72.8 Å². The molecule has 1 unspecified atom stereocenters. The van der Waals surface area contributed by atoms with E-state index in [1.165, 1.54) is 7.11 Å². The van der Waals surface area contributed by atoms with Gasteiger partial charge in [-0.2, -0.15) is 0 Å². The molecule has 0 saturated carbocycles. The van der Waals surface area contributed by atoms with Crippen LogP contribution >= 0.6 is 0 Å². The van der Waals surface area contributed by atoms with E-state index in [0.29, 0.717) is 17.7 Å². The van der Waals surface area contributed by atoms with Crippen molar-refractivity contribution < 1.29 is 19.1 Å². The fraction of sp³-hybridized carbons (Fsp3) is 0.167. The summed E-state index contributed by atoms with van der Waals surface area (Å²) in [4.78, 5) is 27.0. The number of rotatable bonds is 4. The van der Waals surface area contributed by atoms with Crippen molar-refractivity contribution in [2.45, 2.75) is 5.92 Å². The molecule has 0 fully saturated rings. The smallest absolute Gasteiger partial charge is 0.337 e. The number of nitrogens with zero attached hydrogens (tertiary/aromatic N) is 1. The van der Waals surface area contributed by atoms with E-state index in [2.05, 4.69) is 0 Å². The molecule has 0 N–H and O–H groups in total. The molecule has 29 heavy (non-hydrogen) atoms. The van der Waals surface area contributed by atoms with Gasteiger partial charge in [0.25, 0.3) is 5.91 Å². The molecule has 0 saturated heterocycles. The van der Waals surface area contributed by atoms with Gasteiger partial charge in [0.05, 0.1) is 19.8 Å². The Balaban J connectivity index is 1.77. The van der Waals surface area contributed by atoms with E-state index in [0.717, 1.165) is 22.6 Å². The molecule has 0 bridgehead atoms. The van der Waals surface area contributed by atoms with Crippen molar-refractivity contribution in [2.24, 2.45) is 0 Å². The van der Waals surface area contributed by atoms with Crippen LogP contribution in [-0.4, -0.2) is 32.6 Å². The summed E-state index contributed by atoms with van der Waals surface area (Å²) >= 11 is 0. The largest absolute Gasteiger partial charge is 0.497 e. The third-order valence-corrected chi connectivity index (χ3v) is 5.27. The Morgan fingerprint density at radius 1 is 0.897 bits per heavy atom. The average molecular weight is 387 g/mol. The predicted octanol–water partition coefficient (Wildman–Crippen LogP) is 4.27. The third kappa shape index (κ3) is 3.47. The Labute approximate surface area is 169 Å². The number of fused-ring (bicyclic) bond motifs is 1. The van der Waals surface area contributed by atoms with Crippen LogP contribution in [0.25, 0.3) is 0 Å². The monoisotopic (exact) mass is 387 g/mol. The second-order valence-corrected chi connectivity index (χ2v) is 6.87. The van der Waals surface area contributed by atoms with Crippen LogP contribution in [0, 0.1) is 0 Å². The van der Waals surface area contributed by atoms with Crippen LogP contribution in [0.1, 0.15) is 37.8 Å². The molecule has 4 rings (SSSR count). The highest BCUT2D eigenvalue weighted by molar-refractivity contribution is 6.08. The van der Waals surface area contributed by atoms with Crippen LogP contribution in [-0.2, 0) is 4.74 Å². The molecule has 0 spiro atoms. The van der Waals surface area contributed by atoms with Gasteiger partial charge < -0.3 is 14.4 Å². The van der Waals surface area contributed by atoms with Gasteiger partial charge in [0.2, 0.25) is 0 Å². The standard InChI is InChI=1S/C24H21NO4/c1-28-19-11-8-16(9-12-19)21-15-25(23(26)17-6-4-3-5-7-17)22-14-18(24(27)29-2)10-13-20(21)22/h3-14,21H,15H2,1-2H3. The van der Waals surface area contributed by atoms with Crippen molar-refractivity contribution in [1.82, 2.24) is 0 Å². The molecule has 3 aromatic carbocycles. The van der Waals surface area contributed by atoms with Crippen LogP contribution in [0.5, 0.6) is 5.75 Å². The molecule has 0 aliphatic carbocycles. The highest BCUT2D eigenvalue weighted by atomic mass is 16.5. The van der Waals surface area contributed by atoms with Crippen molar-refractivity contribution in [2.75, 3.05) is 25.7 Å². The third-order valence-electron chi connectivity index (χ3n) is 5.27. The van der Waals surface area contributed by atoms with Crippen molar-refractivity contribution in [1.29, 1.82) is 0 Å². The van der Waals surface area contributed by atoms with E-state index in [1.807, 2.05) is 48.5 Å². The first-order valence-corrected chi connectivity index (χ1v) is 9.35. The number of carbonyl (C=O) groups is 2. The first-order chi connectivity index (χ1) is 14.1. The SMILES string of the molecule is COC(=O)c1ccc2c(c1)N(C(=O)c1ccccc1)CC2c1ccc(OC)cc1. The maximum Gasteiger partial charge on any atom is 0.337 e. The zero-order valence-corrected chi connectivity index (χ0v) is 16.3. The van der Waals surface area contributed by atoms with Gasteiger partial charge in [0.1, 0.15) is 5.75 Å². The number of ether oxygens (including phenoxy) is 2. The van der Waals surface area contributed by atoms with Crippen LogP contribution < -0.4 is 9.64 Å². The highest BCUT2D eigenvalue weighted by Gasteiger charge is 2.34. The maximum atomic E-state index is 13.2. The van der Waals surface area contributed by atoms with Gasteiger partial charge in [0.15, 0.2) is 0 Å². The summed E-state index contributed by atoms with van der Waals surface area (Å²) in [5.41, 5.74) is 3.86. The van der Waals surface area contributed by atoms with E-state index >= 15 is 0 Å². The molecule has 1 amide bonds. The van der Waals surface area contributed by atoms with Crippen LogP contribution in [0.4, 0.5) is 5.69 Å². The second-order valence-electron chi connectivity index (χ2n) is 6.87. The zero-order chi connectivity index (χ0) is 20.4. The lowest BCUT2D eigenvalue weighted by Gasteiger charge is -2.18. The minimum atomic E-state index is -0.423. The Bertz CT molecular complexity index is 1040. The fourth-order valence-corrected chi connectivity index (χ4v) is 3.75. The predicted molar refractivity (Wildman–Crippen MR) is 111 cm³/mol. The van der Waals surface area contributed by atoms with Gasteiger partial charge in [0, 0.05) is 23.7 Å². The summed E-state index contributed by atoms with van der Waals surface area (Å²) in [6.45, 7) is 0.500. The second kappa shape index (κ2) is 7.80. The van der Waals surface area contributed by atoms with Gasteiger partial charge >= 0.3 is 5.97 Å². The van der Waals surface area contributed by atoms with E-state index in [-0.39, 0.29) is 11.8 Å². The number of esters is 1. The summed E-state index contributed by atoms with van der Waals surface area (Å²) in [6, 6.07) is 22.4. The molecule has 1 atom stereocenters. The zero-order valence-electron chi connectivity index (χ0n) is 16.3. The first-order valence-electron chi connectivity index (χ1n) is 9.35. The van der Waals surface area contributed by atoms with Gasteiger partial charge in [-0.1, -0.05) is 36.4 Å².